The third-order valence-electron chi connectivity index (χ3n) is 3.12. The van der Waals surface area contributed by atoms with Gasteiger partial charge in [0.05, 0.1) is 11.6 Å². The Kier molecular flexibility index (Phi) is 5.62. The second kappa shape index (κ2) is 7.68. The normalized spacial score (nSPS) is 10.4. The molecule has 0 atom stereocenters. The van der Waals surface area contributed by atoms with Gasteiger partial charge in [0.1, 0.15) is 12.4 Å². The molecule has 0 N–H and O–H groups in total. The van der Waals surface area contributed by atoms with Crippen molar-refractivity contribution in [1.82, 2.24) is 4.90 Å². The molecule has 0 aliphatic heterocycles. The van der Waals surface area contributed by atoms with Crippen LogP contribution in [0.15, 0.2) is 48.5 Å². The first-order valence-corrected chi connectivity index (χ1v) is 7.12. The van der Waals surface area contributed by atoms with E-state index >= 15 is 0 Å². The topological polar surface area (TPSA) is 36.3 Å². The summed E-state index contributed by atoms with van der Waals surface area (Å²) in [6.07, 6.45) is 0. The molecule has 0 saturated heterocycles. The van der Waals surface area contributed by atoms with Crippen LogP contribution in [0.25, 0.3) is 0 Å². The lowest BCUT2D eigenvalue weighted by Gasteiger charge is -2.17. The minimum absolute atomic E-state index is 0.575. The summed E-state index contributed by atoms with van der Waals surface area (Å²) < 4.78 is 5.66. The largest absolute Gasteiger partial charge is 0.492 e. The highest BCUT2D eigenvalue weighted by molar-refractivity contribution is 6.30. The molecule has 4 heteroatoms. The highest BCUT2D eigenvalue weighted by atomic mass is 35.5. The van der Waals surface area contributed by atoms with Crippen molar-refractivity contribution < 1.29 is 4.74 Å². The monoisotopic (exact) mass is 300 g/mol. The molecule has 108 valence electrons. The van der Waals surface area contributed by atoms with Gasteiger partial charge in [-0.1, -0.05) is 35.9 Å². The summed E-state index contributed by atoms with van der Waals surface area (Å²) >= 11 is 5.91. The maximum Gasteiger partial charge on any atom is 0.120 e. The number of nitrogens with zero attached hydrogens (tertiary/aromatic N) is 2. The van der Waals surface area contributed by atoms with Crippen molar-refractivity contribution >= 4 is 11.6 Å². The smallest absolute Gasteiger partial charge is 0.120 e. The van der Waals surface area contributed by atoms with Gasteiger partial charge in [-0.15, -0.1) is 0 Å². The van der Waals surface area contributed by atoms with E-state index in [1.807, 2.05) is 49.5 Å². The number of hydrogen-bond donors (Lipinski definition) is 0. The third-order valence-corrected chi connectivity index (χ3v) is 3.35. The van der Waals surface area contributed by atoms with E-state index in [1.165, 1.54) is 0 Å². The second-order valence-electron chi connectivity index (χ2n) is 4.81. The van der Waals surface area contributed by atoms with E-state index in [9.17, 15) is 0 Å². The van der Waals surface area contributed by atoms with Gasteiger partial charge in [0.2, 0.25) is 0 Å². The quantitative estimate of drug-likeness (QED) is 0.815. The van der Waals surface area contributed by atoms with Gasteiger partial charge in [0.15, 0.2) is 0 Å². The number of benzene rings is 2. The fourth-order valence-electron chi connectivity index (χ4n) is 2.01. The van der Waals surface area contributed by atoms with Crippen LogP contribution in [0, 0.1) is 11.3 Å². The Morgan fingerprint density at radius 2 is 2.00 bits per heavy atom. The first-order chi connectivity index (χ1) is 10.2. The number of halogens is 1. The number of hydrogen-bond acceptors (Lipinski definition) is 3. The Balaban J connectivity index is 1.82. The Morgan fingerprint density at radius 1 is 1.19 bits per heavy atom. The maximum atomic E-state index is 9.08. The van der Waals surface area contributed by atoms with Crippen molar-refractivity contribution in [3.8, 4) is 11.8 Å². The fourth-order valence-corrected chi connectivity index (χ4v) is 2.19. The van der Waals surface area contributed by atoms with Crippen molar-refractivity contribution in [3.63, 3.8) is 0 Å². The van der Waals surface area contributed by atoms with Crippen LogP contribution in [0.5, 0.6) is 5.75 Å². The Labute approximate surface area is 130 Å². The molecule has 0 unspecified atom stereocenters. The Morgan fingerprint density at radius 3 is 2.76 bits per heavy atom. The molecule has 0 aromatic heterocycles. The summed E-state index contributed by atoms with van der Waals surface area (Å²) in [7, 11) is 2.01. The Hall–Kier alpha value is -2.02. The van der Waals surface area contributed by atoms with Gasteiger partial charge < -0.3 is 4.74 Å². The fraction of sp³-hybridized carbons (Fsp3) is 0.235. The summed E-state index contributed by atoms with van der Waals surface area (Å²) in [5.74, 6) is 0.772. The molecule has 2 rings (SSSR count). The van der Waals surface area contributed by atoms with Crippen molar-refractivity contribution in [2.75, 3.05) is 20.2 Å². The van der Waals surface area contributed by atoms with E-state index < -0.39 is 0 Å². The maximum absolute atomic E-state index is 9.08. The number of nitriles is 1. The van der Waals surface area contributed by atoms with E-state index in [0.717, 1.165) is 30.0 Å². The van der Waals surface area contributed by atoms with E-state index in [1.54, 1.807) is 6.07 Å². The van der Waals surface area contributed by atoms with E-state index in [0.29, 0.717) is 11.6 Å². The van der Waals surface area contributed by atoms with Gasteiger partial charge in [0, 0.05) is 18.1 Å². The molecule has 0 spiro atoms. The molecule has 21 heavy (non-hydrogen) atoms. The molecular formula is C17H17ClN2O. The lowest BCUT2D eigenvalue weighted by Crippen LogP contribution is -2.24. The average molecular weight is 301 g/mol. The molecule has 3 nitrogen and oxygen atoms in total. The molecule has 0 aliphatic rings. The minimum atomic E-state index is 0.575. The van der Waals surface area contributed by atoms with Gasteiger partial charge in [0.25, 0.3) is 0 Å². The van der Waals surface area contributed by atoms with Crippen LogP contribution < -0.4 is 4.74 Å². The zero-order valence-corrected chi connectivity index (χ0v) is 12.7. The SMILES string of the molecule is CN(CCOc1cccc(Cl)c1)Cc1ccccc1C#N. The van der Waals surface area contributed by atoms with Crippen LogP contribution in [0.2, 0.25) is 5.02 Å². The summed E-state index contributed by atoms with van der Waals surface area (Å²) in [6.45, 7) is 2.07. The number of ether oxygens (including phenoxy) is 1. The van der Waals surface area contributed by atoms with Gasteiger partial charge >= 0.3 is 0 Å². The molecule has 2 aromatic rings. The van der Waals surface area contributed by atoms with Crippen molar-refractivity contribution in [2.24, 2.45) is 0 Å². The zero-order chi connectivity index (χ0) is 15.1. The first kappa shape index (κ1) is 15.4. The summed E-state index contributed by atoms with van der Waals surface area (Å²) in [5.41, 5.74) is 1.75. The predicted molar refractivity (Wildman–Crippen MR) is 84.4 cm³/mol. The standard InChI is InChI=1S/C17H17ClN2O/c1-20(13-15-6-3-2-5-14(15)12-19)9-10-21-17-8-4-7-16(18)11-17/h2-8,11H,9-10,13H2,1H3. The Bertz CT molecular complexity index is 637. The second-order valence-corrected chi connectivity index (χ2v) is 5.25. The van der Waals surface area contributed by atoms with Crippen LogP contribution >= 0.6 is 11.6 Å². The molecule has 0 heterocycles. The molecule has 0 aliphatic carbocycles. The van der Waals surface area contributed by atoms with Gasteiger partial charge in [-0.2, -0.15) is 5.26 Å². The molecule has 2 aromatic carbocycles. The summed E-state index contributed by atoms with van der Waals surface area (Å²) in [4.78, 5) is 2.13. The molecular weight excluding hydrogens is 284 g/mol. The van der Waals surface area contributed by atoms with Crippen LogP contribution in [0.4, 0.5) is 0 Å². The highest BCUT2D eigenvalue weighted by Gasteiger charge is 2.05. The first-order valence-electron chi connectivity index (χ1n) is 6.74. The lowest BCUT2D eigenvalue weighted by molar-refractivity contribution is 0.233. The predicted octanol–water partition coefficient (Wildman–Crippen LogP) is 3.72. The lowest BCUT2D eigenvalue weighted by atomic mass is 10.1. The average Bonchev–Trinajstić information content (AvgIpc) is 2.48. The minimum Gasteiger partial charge on any atom is -0.492 e. The van der Waals surface area contributed by atoms with Gasteiger partial charge in [-0.3, -0.25) is 4.90 Å². The molecule has 0 radical (unpaired) electrons. The van der Waals surface area contributed by atoms with E-state index in [-0.39, 0.29) is 0 Å². The molecule has 0 saturated carbocycles. The van der Waals surface area contributed by atoms with Crippen LogP contribution in [0.1, 0.15) is 11.1 Å². The summed E-state index contributed by atoms with van der Waals surface area (Å²) in [5, 5.41) is 9.75. The summed E-state index contributed by atoms with van der Waals surface area (Å²) in [6, 6.07) is 17.2. The molecule has 0 bridgehead atoms. The number of likely N-dealkylation sites (N-methyl/N-ethyl adjacent to an activating group) is 1. The van der Waals surface area contributed by atoms with E-state index in [2.05, 4.69) is 11.0 Å². The van der Waals surface area contributed by atoms with Crippen LogP contribution in [0.3, 0.4) is 0 Å². The van der Waals surface area contributed by atoms with Crippen molar-refractivity contribution in [2.45, 2.75) is 6.54 Å². The zero-order valence-electron chi connectivity index (χ0n) is 11.9. The molecule has 0 amide bonds. The van der Waals surface area contributed by atoms with Gasteiger partial charge in [-0.05, 0) is 36.9 Å². The van der Waals surface area contributed by atoms with Crippen molar-refractivity contribution in [1.29, 1.82) is 5.26 Å². The third kappa shape index (κ3) is 4.78. The van der Waals surface area contributed by atoms with Crippen LogP contribution in [-0.4, -0.2) is 25.1 Å². The van der Waals surface area contributed by atoms with Gasteiger partial charge in [-0.25, -0.2) is 0 Å². The number of rotatable bonds is 6. The van der Waals surface area contributed by atoms with Crippen LogP contribution in [-0.2, 0) is 6.54 Å². The van der Waals surface area contributed by atoms with Crippen molar-refractivity contribution in [3.05, 3.63) is 64.7 Å². The molecule has 0 fully saturated rings. The van der Waals surface area contributed by atoms with E-state index in [4.69, 9.17) is 21.6 Å². The highest BCUT2D eigenvalue weighted by Crippen LogP contribution is 2.17.